The molecule has 0 aliphatic heterocycles. The maximum absolute atomic E-state index is 10.7. The first-order chi connectivity index (χ1) is 6.02. The number of allylic oxidation sites excluding steroid dienone is 2. The number of hydrogen-bond acceptors (Lipinski definition) is 2. The van der Waals surface area contributed by atoms with Gasteiger partial charge in [-0.15, -0.1) is 0 Å². The highest BCUT2D eigenvalue weighted by Gasteiger charge is 2.34. The zero-order valence-corrected chi connectivity index (χ0v) is 8.49. The van der Waals surface area contributed by atoms with E-state index in [2.05, 4.69) is 20.8 Å². The molecule has 0 spiro atoms. The van der Waals surface area contributed by atoms with Crippen molar-refractivity contribution in [1.29, 1.82) is 0 Å². The molecule has 1 aliphatic carbocycles. The van der Waals surface area contributed by atoms with Crippen molar-refractivity contribution in [2.75, 3.05) is 0 Å². The van der Waals surface area contributed by atoms with Crippen LogP contribution in [0.25, 0.3) is 0 Å². The van der Waals surface area contributed by atoms with Crippen molar-refractivity contribution < 1.29 is 4.92 Å². The summed E-state index contributed by atoms with van der Waals surface area (Å²) in [5.41, 5.74) is 0.446. The topological polar surface area (TPSA) is 43.1 Å². The fourth-order valence-electron chi connectivity index (χ4n) is 1.98. The number of rotatable bonds is 3. The third-order valence-corrected chi connectivity index (χ3v) is 2.70. The minimum Gasteiger partial charge on any atom is -0.259 e. The molecule has 1 aliphatic rings. The van der Waals surface area contributed by atoms with E-state index in [1.165, 1.54) is 0 Å². The molecule has 0 aromatic rings. The van der Waals surface area contributed by atoms with Crippen LogP contribution in [0.3, 0.4) is 0 Å². The molecule has 3 heteroatoms. The third kappa shape index (κ3) is 2.29. The Balaban J connectivity index is 2.68. The molecule has 0 bridgehead atoms. The Hall–Kier alpha value is -0.860. The quantitative estimate of drug-likeness (QED) is 0.498. The molecule has 13 heavy (non-hydrogen) atoms. The molecule has 0 aromatic carbocycles. The van der Waals surface area contributed by atoms with Gasteiger partial charge in [-0.25, -0.2) is 0 Å². The molecular formula is C10H17NO2. The van der Waals surface area contributed by atoms with Crippen LogP contribution in [0.4, 0.5) is 0 Å². The van der Waals surface area contributed by atoms with E-state index in [9.17, 15) is 10.1 Å². The minimum absolute atomic E-state index is 0.176. The Morgan fingerprint density at radius 3 is 2.77 bits per heavy atom. The van der Waals surface area contributed by atoms with Crippen LogP contribution in [0, 0.1) is 27.9 Å². The zero-order chi connectivity index (χ0) is 10.0. The second-order valence-corrected chi connectivity index (χ2v) is 4.34. The Morgan fingerprint density at radius 2 is 2.31 bits per heavy atom. The number of hydrogen-bond donors (Lipinski definition) is 0. The average molecular weight is 183 g/mol. The van der Waals surface area contributed by atoms with Crippen molar-refractivity contribution >= 4 is 0 Å². The van der Waals surface area contributed by atoms with Gasteiger partial charge >= 0.3 is 0 Å². The SMILES string of the molecule is CC(C)C[C@@H]1C([N+](=O)[O-])=CC[C@H]1C. The number of nitrogens with zero attached hydrogens (tertiary/aromatic N) is 1. The van der Waals surface area contributed by atoms with Gasteiger partial charge < -0.3 is 0 Å². The summed E-state index contributed by atoms with van der Waals surface area (Å²) in [7, 11) is 0. The molecule has 74 valence electrons. The molecule has 3 nitrogen and oxygen atoms in total. The van der Waals surface area contributed by atoms with Gasteiger partial charge in [-0.3, -0.25) is 10.1 Å². The van der Waals surface area contributed by atoms with Crippen LogP contribution in [-0.4, -0.2) is 4.92 Å². The summed E-state index contributed by atoms with van der Waals surface area (Å²) >= 11 is 0. The maximum atomic E-state index is 10.7. The zero-order valence-electron chi connectivity index (χ0n) is 8.49. The van der Waals surface area contributed by atoms with E-state index in [0.717, 1.165) is 12.8 Å². The van der Waals surface area contributed by atoms with Crippen molar-refractivity contribution in [2.45, 2.75) is 33.6 Å². The molecule has 0 amide bonds. The van der Waals surface area contributed by atoms with E-state index in [-0.39, 0.29) is 10.8 Å². The molecule has 0 saturated heterocycles. The summed E-state index contributed by atoms with van der Waals surface area (Å²) in [6.45, 7) is 6.32. The smallest absolute Gasteiger partial charge is 0.245 e. The van der Waals surface area contributed by atoms with Gasteiger partial charge in [-0.2, -0.15) is 0 Å². The lowest BCUT2D eigenvalue weighted by Gasteiger charge is -2.16. The Morgan fingerprint density at radius 1 is 1.69 bits per heavy atom. The summed E-state index contributed by atoms with van der Waals surface area (Å²) < 4.78 is 0. The molecule has 0 aromatic heterocycles. The second kappa shape index (κ2) is 3.90. The molecule has 2 atom stereocenters. The van der Waals surface area contributed by atoms with Gasteiger partial charge in [0.1, 0.15) is 0 Å². The van der Waals surface area contributed by atoms with Gasteiger partial charge in [-0.1, -0.05) is 20.8 Å². The lowest BCUT2D eigenvalue weighted by Crippen LogP contribution is -2.15. The van der Waals surface area contributed by atoms with E-state index in [4.69, 9.17) is 0 Å². The summed E-state index contributed by atoms with van der Waals surface area (Å²) in [4.78, 5) is 10.5. The van der Waals surface area contributed by atoms with Gasteiger partial charge in [0.15, 0.2) is 0 Å². The molecule has 0 radical (unpaired) electrons. The van der Waals surface area contributed by atoms with E-state index >= 15 is 0 Å². The van der Waals surface area contributed by atoms with Gasteiger partial charge in [0, 0.05) is 0 Å². The molecule has 0 N–H and O–H groups in total. The van der Waals surface area contributed by atoms with Crippen molar-refractivity contribution in [2.24, 2.45) is 17.8 Å². The fourth-order valence-corrected chi connectivity index (χ4v) is 1.98. The first kappa shape index (κ1) is 10.2. The standard InChI is InChI=1S/C10H17NO2/c1-7(2)6-9-8(3)4-5-10(9)11(12)13/h5,7-9H,4,6H2,1-3H3/t8-,9+/m1/s1. The van der Waals surface area contributed by atoms with Crippen LogP contribution in [0.5, 0.6) is 0 Å². The molecule has 1 rings (SSSR count). The van der Waals surface area contributed by atoms with E-state index in [1.807, 2.05) is 0 Å². The number of nitro groups is 1. The lowest BCUT2D eigenvalue weighted by molar-refractivity contribution is -0.433. The van der Waals surface area contributed by atoms with Crippen LogP contribution in [0.2, 0.25) is 0 Å². The third-order valence-electron chi connectivity index (χ3n) is 2.70. The largest absolute Gasteiger partial charge is 0.259 e. The van der Waals surface area contributed by atoms with Crippen LogP contribution in [-0.2, 0) is 0 Å². The van der Waals surface area contributed by atoms with Crippen molar-refractivity contribution in [3.63, 3.8) is 0 Å². The summed E-state index contributed by atoms with van der Waals surface area (Å²) in [6.07, 6.45) is 3.60. The van der Waals surface area contributed by atoms with E-state index < -0.39 is 0 Å². The maximum Gasteiger partial charge on any atom is 0.245 e. The highest BCUT2D eigenvalue weighted by molar-refractivity contribution is 5.07. The van der Waals surface area contributed by atoms with Gasteiger partial charge in [-0.05, 0) is 30.8 Å². The van der Waals surface area contributed by atoms with Crippen molar-refractivity contribution in [1.82, 2.24) is 0 Å². The average Bonchev–Trinajstić information content (AvgIpc) is 2.32. The van der Waals surface area contributed by atoms with Crippen molar-refractivity contribution in [3.05, 3.63) is 21.9 Å². The normalized spacial score (nSPS) is 27.8. The second-order valence-electron chi connectivity index (χ2n) is 4.34. The molecule has 0 fully saturated rings. The summed E-state index contributed by atoms with van der Waals surface area (Å²) in [6, 6.07) is 0. The van der Waals surface area contributed by atoms with Gasteiger partial charge in [0.05, 0.1) is 10.8 Å². The monoisotopic (exact) mass is 183 g/mol. The predicted octanol–water partition coefficient (Wildman–Crippen LogP) is 2.85. The molecular weight excluding hydrogens is 166 g/mol. The summed E-state index contributed by atoms with van der Waals surface area (Å²) in [5, 5.41) is 10.7. The van der Waals surface area contributed by atoms with Crippen LogP contribution < -0.4 is 0 Å². The fraction of sp³-hybridized carbons (Fsp3) is 0.800. The van der Waals surface area contributed by atoms with Crippen LogP contribution in [0.1, 0.15) is 33.6 Å². The minimum atomic E-state index is -0.212. The lowest BCUT2D eigenvalue weighted by atomic mass is 9.88. The van der Waals surface area contributed by atoms with Crippen molar-refractivity contribution in [3.8, 4) is 0 Å². The van der Waals surface area contributed by atoms with Gasteiger partial charge in [0.2, 0.25) is 5.70 Å². The van der Waals surface area contributed by atoms with E-state index in [1.54, 1.807) is 6.08 Å². The summed E-state index contributed by atoms with van der Waals surface area (Å²) in [5.74, 6) is 1.16. The molecule has 0 saturated carbocycles. The molecule has 0 unspecified atom stereocenters. The first-order valence-electron chi connectivity index (χ1n) is 4.86. The van der Waals surface area contributed by atoms with E-state index in [0.29, 0.717) is 17.5 Å². The Kier molecular flexibility index (Phi) is 3.07. The van der Waals surface area contributed by atoms with Crippen LogP contribution in [0.15, 0.2) is 11.8 Å². The first-order valence-corrected chi connectivity index (χ1v) is 4.86. The highest BCUT2D eigenvalue weighted by atomic mass is 16.6. The Labute approximate surface area is 79.0 Å². The van der Waals surface area contributed by atoms with Crippen LogP contribution >= 0.6 is 0 Å². The predicted molar refractivity (Wildman–Crippen MR) is 51.8 cm³/mol. The highest BCUT2D eigenvalue weighted by Crippen LogP contribution is 2.36. The Bertz CT molecular complexity index is 233. The molecule has 0 heterocycles. The van der Waals surface area contributed by atoms with Gasteiger partial charge in [0.25, 0.3) is 0 Å².